The number of rotatable bonds is 2. The molecule has 2 amide bonds. The molecule has 0 bridgehead atoms. The van der Waals surface area contributed by atoms with Crippen molar-refractivity contribution in [3.63, 3.8) is 0 Å². The molecule has 1 aromatic heterocycles. The van der Waals surface area contributed by atoms with Crippen LogP contribution in [0, 0.1) is 13.8 Å². The van der Waals surface area contributed by atoms with Gasteiger partial charge in [-0.05, 0) is 32.8 Å². The van der Waals surface area contributed by atoms with Crippen molar-refractivity contribution in [1.29, 1.82) is 0 Å². The molecule has 0 aliphatic carbocycles. The Balaban J connectivity index is 1.61. The van der Waals surface area contributed by atoms with Crippen molar-refractivity contribution in [1.82, 2.24) is 14.4 Å². The summed E-state index contributed by atoms with van der Waals surface area (Å²) in [5.74, 6) is 0.150. The maximum atomic E-state index is 12.7. The van der Waals surface area contributed by atoms with Gasteiger partial charge in [0.05, 0.1) is 5.56 Å². The van der Waals surface area contributed by atoms with Crippen LogP contribution in [0.2, 0.25) is 0 Å². The summed E-state index contributed by atoms with van der Waals surface area (Å²) in [5.41, 5.74) is 2.84. The third-order valence-corrected chi connectivity index (χ3v) is 5.09. The van der Waals surface area contributed by atoms with Gasteiger partial charge < -0.3 is 19.1 Å². The maximum absolute atomic E-state index is 12.7. The van der Waals surface area contributed by atoms with Crippen LogP contribution in [0.1, 0.15) is 34.6 Å². The van der Waals surface area contributed by atoms with E-state index in [1.165, 1.54) is 0 Å². The average molecular weight is 319 g/mol. The summed E-state index contributed by atoms with van der Waals surface area (Å²) in [4.78, 5) is 28.7. The third-order valence-electron chi connectivity index (χ3n) is 5.09. The van der Waals surface area contributed by atoms with E-state index in [9.17, 15) is 9.59 Å². The zero-order valence-corrected chi connectivity index (χ0v) is 14.2. The number of aromatic nitrogens is 1. The Labute approximate surface area is 137 Å². The first-order valence-electron chi connectivity index (χ1n) is 8.31. The average Bonchev–Trinajstić information content (AvgIpc) is 3.19. The molecule has 6 heteroatoms. The van der Waals surface area contributed by atoms with Crippen LogP contribution < -0.4 is 0 Å². The van der Waals surface area contributed by atoms with Gasteiger partial charge in [-0.1, -0.05) is 0 Å². The number of carbonyl (C=O) groups excluding carboxylic acids is 2. The van der Waals surface area contributed by atoms with Crippen LogP contribution in [0.15, 0.2) is 6.07 Å². The molecule has 0 saturated carbocycles. The minimum absolute atomic E-state index is 0.0652. The Morgan fingerprint density at radius 2 is 1.78 bits per heavy atom. The second kappa shape index (κ2) is 6.35. The molecular formula is C17H25N3O3. The summed E-state index contributed by atoms with van der Waals surface area (Å²) in [6, 6.07) is 1.95. The highest BCUT2D eigenvalue weighted by Gasteiger charge is 2.32. The molecule has 126 valence electrons. The van der Waals surface area contributed by atoms with Crippen molar-refractivity contribution < 1.29 is 14.3 Å². The first-order valence-corrected chi connectivity index (χ1v) is 8.31. The molecule has 2 fully saturated rings. The molecule has 1 unspecified atom stereocenters. The Morgan fingerprint density at radius 1 is 1.13 bits per heavy atom. The molecule has 2 aliphatic rings. The van der Waals surface area contributed by atoms with Gasteiger partial charge in [-0.2, -0.15) is 0 Å². The smallest absolute Gasteiger partial charge is 0.255 e. The lowest BCUT2D eigenvalue weighted by Gasteiger charge is -2.35. The van der Waals surface area contributed by atoms with Crippen LogP contribution in [-0.4, -0.2) is 65.1 Å². The predicted molar refractivity (Wildman–Crippen MR) is 86.3 cm³/mol. The summed E-state index contributed by atoms with van der Waals surface area (Å²) in [6.07, 6.45) is 1.51. The predicted octanol–water partition coefficient (Wildman–Crippen LogP) is 1.11. The van der Waals surface area contributed by atoms with Crippen molar-refractivity contribution in [2.45, 2.75) is 32.8 Å². The summed E-state index contributed by atoms with van der Waals surface area (Å²) < 4.78 is 7.50. The van der Waals surface area contributed by atoms with Crippen LogP contribution in [0.5, 0.6) is 0 Å². The SMILES string of the molecule is Cc1cc(C(=O)N2CCN(C(=O)C3CCCO3)CC2)c(C)n1C. The summed E-state index contributed by atoms with van der Waals surface area (Å²) in [6.45, 7) is 7.01. The normalized spacial score (nSPS) is 21.8. The quantitative estimate of drug-likeness (QED) is 0.820. The van der Waals surface area contributed by atoms with E-state index >= 15 is 0 Å². The topological polar surface area (TPSA) is 54.8 Å². The molecule has 0 aromatic carbocycles. The van der Waals surface area contributed by atoms with Gasteiger partial charge in [-0.3, -0.25) is 9.59 Å². The summed E-state index contributed by atoms with van der Waals surface area (Å²) in [7, 11) is 1.97. The van der Waals surface area contributed by atoms with Gasteiger partial charge in [-0.25, -0.2) is 0 Å². The van der Waals surface area contributed by atoms with E-state index in [0.29, 0.717) is 32.8 Å². The second-order valence-electron chi connectivity index (χ2n) is 6.46. The highest BCUT2D eigenvalue weighted by molar-refractivity contribution is 5.96. The number of aryl methyl sites for hydroxylation is 1. The first kappa shape index (κ1) is 16.1. The number of piperazine rings is 1. The lowest BCUT2D eigenvalue weighted by atomic mass is 10.1. The minimum Gasteiger partial charge on any atom is -0.368 e. The Kier molecular flexibility index (Phi) is 4.43. The second-order valence-corrected chi connectivity index (χ2v) is 6.46. The largest absolute Gasteiger partial charge is 0.368 e. The molecule has 0 N–H and O–H groups in total. The van der Waals surface area contributed by atoms with E-state index in [4.69, 9.17) is 4.74 Å². The van der Waals surface area contributed by atoms with Crippen molar-refractivity contribution in [3.8, 4) is 0 Å². The van der Waals surface area contributed by atoms with Crippen LogP contribution >= 0.6 is 0 Å². The van der Waals surface area contributed by atoms with Crippen molar-refractivity contribution in [2.75, 3.05) is 32.8 Å². The van der Waals surface area contributed by atoms with Crippen molar-refractivity contribution >= 4 is 11.8 Å². The van der Waals surface area contributed by atoms with E-state index in [-0.39, 0.29) is 17.9 Å². The van der Waals surface area contributed by atoms with Crippen LogP contribution in [0.3, 0.4) is 0 Å². The van der Waals surface area contributed by atoms with E-state index in [2.05, 4.69) is 0 Å². The van der Waals surface area contributed by atoms with Gasteiger partial charge in [0.15, 0.2) is 0 Å². The molecule has 6 nitrogen and oxygen atoms in total. The minimum atomic E-state index is -0.267. The number of nitrogens with zero attached hydrogens (tertiary/aromatic N) is 3. The molecule has 1 aromatic rings. The van der Waals surface area contributed by atoms with Gasteiger partial charge in [0.1, 0.15) is 6.10 Å². The van der Waals surface area contributed by atoms with Crippen LogP contribution in [0.25, 0.3) is 0 Å². The molecule has 3 heterocycles. The Hall–Kier alpha value is -1.82. The van der Waals surface area contributed by atoms with Gasteiger partial charge >= 0.3 is 0 Å². The Morgan fingerprint density at radius 3 is 2.30 bits per heavy atom. The highest BCUT2D eigenvalue weighted by Crippen LogP contribution is 2.19. The van der Waals surface area contributed by atoms with E-state index in [1.54, 1.807) is 0 Å². The first-order chi connectivity index (χ1) is 11.0. The van der Waals surface area contributed by atoms with Crippen molar-refractivity contribution in [3.05, 3.63) is 23.0 Å². The molecule has 3 rings (SSSR count). The van der Waals surface area contributed by atoms with E-state index in [1.807, 2.05) is 41.3 Å². The zero-order valence-electron chi connectivity index (χ0n) is 14.2. The van der Waals surface area contributed by atoms with E-state index in [0.717, 1.165) is 29.8 Å². The molecule has 0 radical (unpaired) electrons. The molecule has 23 heavy (non-hydrogen) atoms. The maximum Gasteiger partial charge on any atom is 0.255 e. The zero-order chi connectivity index (χ0) is 16.6. The van der Waals surface area contributed by atoms with Crippen LogP contribution in [0.4, 0.5) is 0 Å². The fourth-order valence-corrected chi connectivity index (χ4v) is 3.35. The van der Waals surface area contributed by atoms with Crippen LogP contribution in [-0.2, 0) is 16.6 Å². The Bertz CT molecular complexity index is 609. The fourth-order valence-electron chi connectivity index (χ4n) is 3.35. The number of hydrogen-bond donors (Lipinski definition) is 0. The monoisotopic (exact) mass is 319 g/mol. The lowest BCUT2D eigenvalue weighted by molar-refractivity contribution is -0.142. The standard InChI is InChI=1S/C17H25N3O3/c1-12-11-14(13(2)18(12)3)16(21)19-6-8-20(9-7-19)17(22)15-5-4-10-23-15/h11,15H,4-10H2,1-3H3. The van der Waals surface area contributed by atoms with Gasteiger partial charge in [0, 0.05) is 51.2 Å². The van der Waals surface area contributed by atoms with Gasteiger partial charge in [0.25, 0.3) is 11.8 Å². The molecule has 0 spiro atoms. The van der Waals surface area contributed by atoms with Gasteiger partial charge in [-0.15, -0.1) is 0 Å². The summed E-state index contributed by atoms with van der Waals surface area (Å²) >= 11 is 0. The summed E-state index contributed by atoms with van der Waals surface area (Å²) in [5, 5.41) is 0. The number of carbonyl (C=O) groups is 2. The lowest BCUT2D eigenvalue weighted by Crippen LogP contribution is -2.52. The molecule has 1 atom stereocenters. The molecule has 2 saturated heterocycles. The number of ether oxygens (including phenoxy) is 1. The van der Waals surface area contributed by atoms with Crippen molar-refractivity contribution in [2.24, 2.45) is 7.05 Å². The third kappa shape index (κ3) is 3.00. The number of hydrogen-bond acceptors (Lipinski definition) is 3. The molecule has 2 aliphatic heterocycles. The number of amides is 2. The van der Waals surface area contributed by atoms with E-state index < -0.39 is 0 Å². The fraction of sp³-hybridized carbons (Fsp3) is 0.647. The molecular weight excluding hydrogens is 294 g/mol. The van der Waals surface area contributed by atoms with Gasteiger partial charge in [0.2, 0.25) is 0 Å². The highest BCUT2D eigenvalue weighted by atomic mass is 16.5.